The number of fused-ring (bicyclic) bond motifs is 1. The SMILES string of the molecule is O=[N+]1CCc2ccccc2S1. The van der Waals surface area contributed by atoms with Crippen LogP contribution >= 0.6 is 11.9 Å². The topological polar surface area (TPSA) is 20.1 Å². The molecule has 1 aliphatic heterocycles. The maximum atomic E-state index is 10.9. The molecular weight excluding hydrogens is 158 g/mol. The van der Waals surface area contributed by atoms with Crippen molar-refractivity contribution in [2.75, 3.05) is 6.54 Å². The molecule has 1 aromatic carbocycles. The van der Waals surface area contributed by atoms with Crippen LogP contribution in [0.4, 0.5) is 0 Å². The van der Waals surface area contributed by atoms with Crippen LogP contribution < -0.4 is 0 Å². The van der Waals surface area contributed by atoms with Crippen LogP contribution in [0.3, 0.4) is 0 Å². The molecule has 0 unspecified atom stereocenters. The number of hydrogen-bond acceptors (Lipinski definition) is 2. The van der Waals surface area contributed by atoms with E-state index in [4.69, 9.17) is 0 Å². The number of nitrogens with zero attached hydrogens (tertiary/aromatic N) is 1. The van der Waals surface area contributed by atoms with Crippen molar-refractivity contribution >= 4 is 11.9 Å². The van der Waals surface area contributed by atoms with Gasteiger partial charge >= 0.3 is 0 Å². The molecule has 1 aliphatic rings. The summed E-state index contributed by atoms with van der Waals surface area (Å²) in [5.41, 5.74) is 1.30. The molecule has 0 atom stereocenters. The molecule has 3 heteroatoms. The van der Waals surface area contributed by atoms with Crippen LogP contribution in [0.15, 0.2) is 29.2 Å². The monoisotopic (exact) mass is 166 g/mol. The van der Waals surface area contributed by atoms with E-state index in [0.29, 0.717) is 6.54 Å². The van der Waals surface area contributed by atoms with Crippen LogP contribution in [0.25, 0.3) is 0 Å². The molecule has 1 heterocycles. The zero-order chi connectivity index (χ0) is 7.68. The molecule has 0 N–H and O–H groups in total. The number of nitroso groups, excluding NO2 is 1. The molecule has 2 rings (SSSR count). The molecule has 0 aromatic heterocycles. The average Bonchev–Trinajstić information content (AvgIpc) is 2.04. The largest absolute Gasteiger partial charge is 0.250 e. The summed E-state index contributed by atoms with van der Waals surface area (Å²) in [6.07, 6.45) is 0.882. The second-order valence-electron chi connectivity index (χ2n) is 2.51. The van der Waals surface area contributed by atoms with Crippen molar-refractivity contribution in [3.63, 3.8) is 0 Å². The summed E-state index contributed by atoms with van der Waals surface area (Å²) >= 11 is 1.29. The Hall–Kier alpha value is -0.830. The van der Waals surface area contributed by atoms with E-state index >= 15 is 0 Å². The lowest BCUT2D eigenvalue weighted by molar-refractivity contribution is -0.373. The molecule has 0 spiro atoms. The summed E-state index contributed by atoms with van der Waals surface area (Å²) in [6.45, 7) is 0.613. The van der Waals surface area contributed by atoms with E-state index in [0.717, 1.165) is 15.5 Å². The van der Waals surface area contributed by atoms with E-state index in [1.165, 1.54) is 17.5 Å². The van der Waals surface area contributed by atoms with E-state index in [2.05, 4.69) is 6.07 Å². The Kier molecular flexibility index (Phi) is 1.66. The lowest BCUT2D eigenvalue weighted by atomic mass is 10.1. The van der Waals surface area contributed by atoms with Gasteiger partial charge in [-0.2, -0.15) is 0 Å². The molecular formula is C8H8NOS+. The Balaban J connectivity index is 2.41. The third-order valence-electron chi connectivity index (χ3n) is 1.74. The zero-order valence-electron chi connectivity index (χ0n) is 5.99. The van der Waals surface area contributed by atoms with Crippen LogP contribution in [-0.2, 0) is 6.42 Å². The first-order valence-electron chi connectivity index (χ1n) is 3.57. The van der Waals surface area contributed by atoms with Gasteiger partial charge in [-0.25, -0.2) is 0 Å². The van der Waals surface area contributed by atoms with Crippen molar-refractivity contribution in [3.05, 3.63) is 34.7 Å². The fraction of sp³-hybridized carbons (Fsp3) is 0.250. The van der Waals surface area contributed by atoms with Gasteiger partial charge in [-0.3, -0.25) is 0 Å². The van der Waals surface area contributed by atoms with Crippen molar-refractivity contribution in [2.24, 2.45) is 0 Å². The van der Waals surface area contributed by atoms with Gasteiger partial charge in [-0.05, 0) is 11.6 Å². The van der Waals surface area contributed by atoms with Gasteiger partial charge in [-0.15, -0.1) is 0 Å². The quantitative estimate of drug-likeness (QED) is 0.434. The number of benzene rings is 1. The van der Waals surface area contributed by atoms with Gasteiger partial charge in [0, 0.05) is 11.3 Å². The summed E-state index contributed by atoms with van der Waals surface area (Å²) in [4.78, 5) is 12.0. The van der Waals surface area contributed by atoms with Gasteiger partial charge in [0.05, 0.1) is 9.06 Å². The third kappa shape index (κ3) is 1.28. The van der Waals surface area contributed by atoms with Gasteiger partial charge in [0.2, 0.25) is 6.54 Å². The molecule has 2 nitrogen and oxygen atoms in total. The molecule has 0 fully saturated rings. The highest BCUT2D eigenvalue weighted by Gasteiger charge is 2.22. The second-order valence-corrected chi connectivity index (χ2v) is 3.54. The molecule has 0 aliphatic carbocycles. The van der Waals surface area contributed by atoms with Gasteiger partial charge in [0.25, 0.3) is 11.9 Å². The molecule has 0 saturated heterocycles. The van der Waals surface area contributed by atoms with E-state index in [9.17, 15) is 4.91 Å². The van der Waals surface area contributed by atoms with Gasteiger partial charge in [0.1, 0.15) is 0 Å². The Bertz CT molecular complexity index is 298. The van der Waals surface area contributed by atoms with Gasteiger partial charge < -0.3 is 0 Å². The standard InChI is InChI=1S/C8H8NOS/c10-9-6-5-7-3-1-2-4-8(7)11-9/h1-4H,5-6H2/q+1. The van der Waals surface area contributed by atoms with E-state index in [1.54, 1.807) is 0 Å². The first-order valence-corrected chi connectivity index (χ1v) is 4.34. The van der Waals surface area contributed by atoms with Crippen molar-refractivity contribution in [1.82, 2.24) is 0 Å². The Labute approximate surface area is 69.3 Å². The normalized spacial score (nSPS) is 16.2. The predicted octanol–water partition coefficient (Wildman–Crippen LogP) is 2.03. The summed E-state index contributed by atoms with van der Waals surface area (Å²) in [7, 11) is 0. The fourth-order valence-electron chi connectivity index (χ4n) is 1.17. The molecule has 0 radical (unpaired) electrons. The molecule has 0 saturated carbocycles. The van der Waals surface area contributed by atoms with E-state index in [-0.39, 0.29) is 0 Å². The first kappa shape index (κ1) is 6.85. The Morgan fingerprint density at radius 2 is 2.18 bits per heavy atom. The molecule has 56 valence electrons. The van der Waals surface area contributed by atoms with Crippen molar-refractivity contribution in [1.29, 1.82) is 0 Å². The van der Waals surface area contributed by atoms with Crippen LogP contribution in [0.2, 0.25) is 0 Å². The maximum Gasteiger partial charge on any atom is 0.250 e. The van der Waals surface area contributed by atoms with Crippen LogP contribution in [0.5, 0.6) is 0 Å². The molecule has 0 bridgehead atoms. The minimum absolute atomic E-state index is 0.613. The zero-order valence-corrected chi connectivity index (χ0v) is 6.80. The second kappa shape index (κ2) is 2.66. The van der Waals surface area contributed by atoms with Crippen LogP contribution in [0.1, 0.15) is 5.56 Å². The highest BCUT2D eigenvalue weighted by Crippen LogP contribution is 2.27. The summed E-state index contributed by atoms with van der Waals surface area (Å²) in [5.74, 6) is 0. The smallest absolute Gasteiger partial charge is 0.0619 e. The van der Waals surface area contributed by atoms with Crippen molar-refractivity contribution in [2.45, 2.75) is 11.3 Å². The Morgan fingerprint density at radius 3 is 3.09 bits per heavy atom. The van der Waals surface area contributed by atoms with E-state index < -0.39 is 0 Å². The lowest BCUT2D eigenvalue weighted by Gasteiger charge is -2.05. The summed E-state index contributed by atoms with van der Waals surface area (Å²) in [5, 5.41) is 0. The Morgan fingerprint density at radius 1 is 1.36 bits per heavy atom. The van der Waals surface area contributed by atoms with Crippen molar-refractivity contribution < 1.29 is 4.17 Å². The van der Waals surface area contributed by atoms with Crippen molar-refractivity contribution in [3.8, 4) is 0 Å². The van der Waals surface area contributed by atoms with Gasteiger partial charge in [0.15, 0.2) is 0 Å². The highest BCUT2D eigenvalue weighted by atomic mass is 32.2. The van der Waals surface area contributed by atoms with Crippen LogP contribution in [-0.4, -0.2) is 10.7 Å². The molecule has 11 heavy (non-hydrogen) atoms. The average molecular weight is 166 g/mol. The lowest BCUT2D eigenvalue weighted by Crippen LogP contribution is -2.10. The minimum Gasteiger partial charge on any atom is -0.0619 e. The molecule has 1 aromatic rings. The summed E-state index contributed by atoms with van der Waals surface area (Å²) < 4.78 is 1.03. The first-order chi connectivity index (χ1) is 5.36. The van der Waals surface area contributed by atoms with E-state index in [1.807, 2.05) is 18.2 Å². The molecule has 0 amide bonds. The van der Waals surface area contributed by atoms with Crippen LogP contribution in [0, 0.1) is 4.91 Å². The predicted molar refractivity (Wildman–Crippen MR) is 44.5 cm³/mol. The highest BCUT2D eigenvalue weighted by molar-refractivity contribution is 7.93. The number of rotatable bonds is 0. The minimum atomic E-state index is 0.613. The number of hydrogen-bond donors (Lipinski definition) is 0. The third-order valence-corrected chi connectivity index (χ3v) is 2.72. The van der Waals surface area contributed by atoms with Gasteiger partial charge in [-0.1, -0.05) is 18.2 Å². The fourth-order valence-corrected chi connectivity index (χ4v) is 2.00. The summed E-state index contributed by atoms with van der Waals surface area (Å²) in [6, 6.07) is 8.05. The maximum absolute atomic E-state index is 10.9.